The van der Waals surface area contributed by atoms with Crippen molar-refractivity contribution >= 4 is 51.0 Å². The summed E-state index contributed by atoms with van der Waals surface area (Å²) >= 11 is 0. The first kappa shape index (κ1) is 56.3. The number of hydrogen-bond acceptors (Lipinski definition) is 2. The Hall–Kier alpha value is -10.5. The van der Waals surface area contributed by atoms with Crippen LogP contribution in [0.2, 0.25) is 0 Å². The van der Waals surface area contributed by atoms with E-state index in [-0.39, 0.29) is 5.41 Å². The molecule has 1 aliphatic rings. The highest BCUT2D eigenvalue weighted by atomic mass is 16.5. The zero-order valence-electron chi connectivity index (χ0n) is 51.0. The predicted molar refractivity (Wildman–Crippen MR) is 378 cm³/mol. The van der Waals surface area contributed by atoms with Crippen LogP contribution >= 0.6 is 0 Å². The number of fused-ring (bicyclic) bond motifs is 6. The molecule has 0 N–H and O–H groups in total. The smallest absolute Gasteiger partial charge is 0.122 e. The van der Waals surface area contributed by atoms with Gasteiger partial charge in [-0.15, -0.1) is 0 Å². The minimum atomic E-state index is -0.364. The van der Waals surface area contributed by atoms with Gasteiger partial charge in [0.15, 0.2) is 0 Å². The largest absolute Gasteiger partial charge is 0.493 e. The van der Waals surface area contributed by atoms with Crippen LogP contribution in [-0.4, -0.2) is 11.2 Å². The molecule has 0 saturated heterocycles. The lowest BCUT2D eigenvalue weighted by molar-refractivity contribution is 0.247. The van der Waals surface area contributed by atoms with E-state index >= 15 is 0 Å². The SMILES string of the molecule is C=Cc1ccc(-c2ccc3c(c2)c2cc(-c4ccc(N(c5ccc(-c6ccccc6)cc5)c5ccc6c(c5)C(CCCCC(C)COc5cc(C)c(-c7ccc(C=C)cc7)cc5C)(c5ccccc5)c5ccccc5-6)cc4)ccc2n3-c2ccccc2)cc1. The number of para-hydroxylation sites is 1. The summed E-state index contributed by atoms with van der Waals surface area (Å²) in [6.07, 6.45) is 7.99. The summed E-state index contributed by atoms with van der Waals surface area (Å²) in [4.78, 5) is 2.45. The van der Waals surface area contributed by atoms with Gasteiger partial charge in [0.2, 0.25) is 0 Å². The molecule has 13 aromatic rings. The van der Waals surface area contributed by atoms with Gasteiger partial charge in [-0.3, -0.25) is 0 Å². The van der Waals surface area contributed by atoms with Crippen molar-refractivity contribution in [2.45, 2.75) is 51.9 Å². The second-order valence-corrected chi connectivity index (χ2v) is 24.2. The van der Waals surface area contributed by atoms with Gasteiger partial charge in [-0.25, -0.2) is 0 Å². The standard InChI is InChI=1S/C86H72N2O/c1-6-62-30-34-66(35-31-62)69-42-50-83-79(55-69)80-56-70(43-51-84(80)88(83)72-26-15-10-16-27-72)67-40-46-74(47-41-67)87(73-44-38-65(39-45-73)64-22-11-8-12-23-64)75-48-49-77-76-28-17-18-29-81(76)86(82(77)57-75,71-24-13-9-14-25-71)52-20-19-21-59(3)58-89-85-54-60(4)78(53-61(85)5)68-36-32-63(7-2)33-37-68/h6-18,22-51,53-57,59H,1-2,19-21,52,58H2,3-5H3. The van der Waals surface area contributed by atoms with Crippen molar-refractivity contribution in [2.75, 3.05) is 11.5 Å². The van der Waals surface area contributed by atoms with E-state index in [9.17, 15) is 0 Å². The van der Waals surface area contributed by atoms with Crippen LogP contribution in [0.3, 0.4) is 0 Å². The number of aryl methyl sites for hydroxylation is 2. The third-order valence-electron chi connectivity index (χ3n) is 18.6. The van der Waals surface area contributed by atoms with Crippen molar-refractivity contribution in [2.24, 2.45) is 5.92 Å². The fourth-order valence-corrected chi connectivity index (χ4v) is 13.9. The fraction of sp³-hybridized carbons (Fsp3) is 0.116. The highest BCUT2D eigenvalue weighted by Gasteiger charge is 2.44. The summed E-state index contributed by atoms with van der Waals surface area (Å²) < 4.78 is 9.03. The first-order chi connectivity index (χ1) is 43.7. The molecule has 0 amide bonds. The molecule has 3 nitrogen and oxygen atoms in total. The van der Waals surface area contributed by atoms with Crippen molar-refractivity contribution in [1.29, 1.82) is 0 Å². The predicted octanol–water partition coefficient (Wildman–Crippen LogP) is 23.4. The molecule has 0 saturated carbocycles. The number of ether oxygens (including phenoxy) is 1. The van der Waals surface area contributed by atoms with Crippen LogP contribution in [0.1, 0.15) is 71.6 Å². The molecule has 2 unspecified atom stereocenters. The van der Waals surface area contributed by atoms with Crippen LogP contribution in [0.15, 0.2) is 292 Å². The van der Waals surface area contributed by atoms with E-state index in [2.05, 4.69) is 322 Å². The Labute approximate surface area is 524 Å². The van der Waals surface area contributed by atoms with Gasteiger partial charge in [0, 0.05) is 38.9 Å². The maximum absolute atomic E-state index is 6.63. The van der Waals surface area contributed by atoms with Gasteiger partial charge < -0.3 is 14.2 Å². The first-order valence-corrected chi connectivity index (χ1v) is 31.4. The van der Waals surface area contributed by atoms with Crippen molar-refractivity contribution in [1.82, 2.24) is 4.57 Å². The minimum absolute atomic E-state index is 0.364. The molecule has 14 rings (SSSR count). The average Bonchev–Trinajstić information content (AvgIpc) is 1.59. The molecular weight excluding hydrogens is 1080 g/mol. The first-order valence-electron chi connectivity index (χ1n) is 31.4. The van der Waals surface area contributed by atoms with Gasteiger partial charge in [0.05, 0.1) is 17.6 Å². The summed E-state index contributed by atoms with van der Waals surface area (Å²) in [7, 11) is 0. The molecule has 0 bridgehead atoms. The molecule has 12 aromatic carbocycles. The van der Waals surface area contributed by atoms with Crippen LogP contribution in [0.5, 0.6) is 5.75 Å². The van der Waals surface area contributed by atoms with E-state index in [0.717, 1.165) is 76.4 Å². The Bertz CT molecular complexity index is 4690. The molecule has 89 heavy (non-hydrogen) atoms. The Morgan fingerprint density at radius 1 is 0.427 bits per heavy atom. The van der Waals surface area contributed by atoms with Gasteiger partial charge in [-0.2, -0.15) is 0 Å². The summed E-state index contributed by atoms with van der Waals surface area (Å²) in [6.45, 7) is 15.3. The third kappa shape index (κ3) is 10.8. The number of benzene rings is 12. The van der Waals surface area contributed by atoms with Gasteiger partial charge in [0.25, 0.3) is 0 Å². The Kier molecular flexibility index (Phi) is 15.4. The normalized spacial score (nSPS) is 13.7. The molecule has 2 atom stereocenters. The van der Waals surface area contributed by atoms with Crippen molar-refractivity contribution < 1.29 is 4.74 Å². The van der Waals surface area contributed by atoms with Crippen LogP contribution in [0.4, 0.5) is 17.1 Å². The molecule has 0 aliphatic heterocycles. The third-order valence-corrected chi connectivity index (χ3v) is 18.6. The van der Waals surface area contributed by atoms with E-state index < -0.39 is 0 Å². The molecule has 1 heterocycles. The number of anilines is 3. The molecule has 1 aliphatic carbocycles. The maximum Gasteiger partial charge on any atom is 0.122 e. The maximum atomic E-state index is 6.63. The van der Waals surface area contributed by atoms with Crippen LogP contribution in [0.25, 0.3) is 95.3 Å². The van der Waals surface area contributed by atoms with Crippen LogP contribution in [-0.2, 0) is 5.41 Å². The number of unbranched alkanes of at least 4 members (excludes halogenated alkanes) is 1. The van der Waals surface area contributed by atoms with E-state index in [1.54, 1.807) is 0 Å². The van der Waals surface area contributed by atoms with Crippen LogP contribution in [0, 0.1) is 19.8 Å². The second-order valence-electron chi connectivity index (χ2n) is 24.2. The summed E-state index contributed by atoms with van der Waals surface area (Å²) in [5.41, 5.74) is 27.3. The molecule has 3 heteroatoms. The van der Waals surface area contributed by atoms with Crippen LogP contribution < -0.4 is 9.64 Å². The number of aromatic nitrogens is 1. The van der Waals surface area contributed by atoms with E-state index in [0.29, 0.717) is 12.5 Å². The molecular formula is C86H72N2O. The molecule has 432 valence electrons. The monoisotopic (exact) mass is 1150 g/mol. The van der Waals surface area contributed by atoms with Crippen molar-refractivity contribution in [3.05, 3.63) is 331 Å². The van der Waals surface area contributed by atoms with E-state index in [4.69, 9.17) is 4.74 Å². The molecule has 0 spiro atoms. The van der Waals surface area contributed by atoms with E-state index in [1.807, 2.05) is 12.2 Å². The zero-order chi connectivity index (χ0) is 60.4. The number of rotatable bonds is 19. The topological polar surface area (TPSA) is 17.4 Å². The highest BCUT2D eigenvalue weighted by Crippen LogP contribution is 2.57. The summed E-state index contributed by atoms with van der Waals surface area (Å²) in [6, 6.07) is 103. The minimum Gasteiger partial charge on any atom is -0.493 e. The molecule has 1 aromatic heterocycles. The highest BCUT2D eigenvalue weighted by molar-refractivity contribution is 6.11. The van der Waals surface area contributed by atoms with Crippen molar-refractivity contribution in [3.8, 4) is 67.1 Å². The fourth-order valence-electron chi connectivity index (χ4n) is 13.9. The Morgan fingerprint density at radius 2 is 0.921 bits per heavy atom. The lowest BCUT2D eigenvalue weighted by atomic mass is 9.69. The van der Waals surface area contributed by atoms with Gasteiger partial charge in [-0.05, 0) is 212 Å². The van der Waals surface area contributed by atoms with E-state index in [1.165, 1.54) is 94.1 Å². The van der Waals surface area contributed by atoms with Crippen molar-refractivity contribution in [3.63, 3.8) is 0 Å². The Morgan fingerprint density at radius 3 is 1.53 bits per heavy atom. The number of hydrogen-bond donors (Lipinski definition) is 0. The average molecular weight is 1150 g/mol. The quantitative estimate of drug-likeness (QED) is 0.0751. The lowest BCUT2D eigenvalue weighted by Crippen LogP contribution is -2.27. The van der Waals surface area contributed by atoms with Gasteiger partial charge in [-0.1, -0.05) is 239 Å². The summed E-state index contributed by atoms with van der Waals surface area (Å²) in [5.74, 6) is 1.36. The van der Waals surface area contributed by atoms with Gasteiger partial charge in [0.1, 0.15) is 5.75 Å². The molecule has 0 fully saturated rings. The lowest BCUT2D eigenvalue weighted by Gasteiger charge is -2.34. The second kappa shape index (κ2) is 24.4. The molecule has 0 radical (unpaired) electrons. The Balaban J connectivity index is 0.796. The van der Waals surface area contributed by atoms with Gasteiger partial charge >= 0.3 is 0 Å². The summed E-state index contributed by atoms with van der Waals surface area (Å²) in [5, 5.41) is 2.44. The number of nitrogens with zero attached hydrogens (tertiary/aromatic N) is 2. The zero-order valence-corrected chi connectivity index (χ0v) is 51.0.